The van der Waals surface area contributed by atoms with E-state index in [4.69, 9.17) is 0 Å². The van der Waals surface area contributed by atoms with Gasteiger partial charge in [0.2, 0.25) is 0 Å². The summed E-state index contributed by atoms with van der Waals surface area (Å²) in [6, 6.07) is 17.3. The molecule has 1 N–H and O–H groups in total. The standard InChI is InChI=1S/C43H43NO2/c1-27-11-22-37-40(2)23-7-6-10-38(40)43(45,41(37,3)26-27)33-19-15-30(16-20-33)29-13-17-32(18-14-29)42(44-46)36-9-5-4-8-34(36)35-21-12-28-24-31(25-28)39(35)42/h4,6-8,10-23,27-28,31,37-38,45H,5,9,24-26H2,1-3H3. The second kappa shape index (κ2) is 9.61. The Bertz CT molecular complexity index is 1860. The highest BCUT2D eigenvalue weighted by molar-refractivity contribution is 5.71. The van der Waals surface area contributed by atoms with Crippen molar-refractivity contribution in [2.45, 2.75) is 64.0 Å². The lowest BCUT2D eigenvalue weighted by Crippen LogP contribution is -2.47. The summed E-state index contributed by atoms with van der Waals surface area (Å²) in [6.45, 7) is 6.91. The maximum absolute atomic E-state index is 13.1. The topological polar surface area (TPSA) is 49.7 Å². The maximum atomic E-state index is 13.1. The molecule has 3 nitrogen and oxygen atoms in total. The highest BCUT2D eigenvalue weighted by atomic mass is 16.3. The molecule has 0 aliphatic heterocycles. The largest absolute Gasteiger partial charge is 0.384 e. The Kier molecular flexibility index (Phi) is 5.93. The second-order valence-corrected chi connectivity index (χ2v) is 15.7. The van der Waals surface area contributed by atoms with Gasteiger partial charge in [0.15, 0.2) is 5.54 Å². The van der Waals surface area contributed by atoms with Crippen molar-refractivity contribution in [2.75, 3.05) is 0 Å². The van der Waals surface area contributed by atoms with Gasteiger partial charge in [0.05, 0.1) is 0 Å². The van der Waals surface area contributed by atoms with Gasteiger partial charge in [-0.1, -0.05) is 130 Å². The first-order valence-corrected chi connectivity index (χ1v) is 17.4. The summed E-state index contributed by atoms with van der Waals surface area (Å²) in [5.41, 5.74) is 6.78. The lowest BCUT2D eigenvalue weighted by atomic mass is 9.59. The van der Waals surface area contributed by atoms with Crippen LogP contribution in [0.3, 0.4) is 0 Å². The van der Waals surface area contributed by atoms with Gasteiger partial charge in [-0.25, -0.2) is 0 Å². The molecule has 0 aromatic heterocycles. The molecule has 0 heterocycles. The van der Waals surface area contributed by atoms with E-state index in [1.165, 1.54) is 22.3 Å². The summed E-state index contributed by atoms with van der Waals surface area (Å²) >= 11 is 0. The van der Waals surface area contributed by atoms with Gasteiger partial charge in [-0.05, 0) is 105 Å². The van der Waals surface area contributed by atoms with Crippen LogP contribution in [0.25, 0.3) is 11.1 Å². The predicted octanol–water partition coefficient (Wildman–Crippen LogP) is 10.0. The van der Waals surface area contributed by atoms with Crippen LogP contribution in [0.15, 0.2) is 137 Å². The first-order chi connectivity index (χ1) is 22.2. The van der Waals surface area contributed by atoms with E-state index in [1.54, 1.807) is 0 Å². The second-order valence-electron chi connectivity index (χ2n) is 15.7. The molecule has 0 radical (unpaired) electrons. The fourth-order valence-electron chi connectivity index (χ4n) is 11.2. The zero-order valence-electron chi connectivity index (χ0n) is 27.1. The molecule has 7 atom stereocenters. The first-order valence-electron chi connectivity index (χ1n) is 17.4. The van der Waals surface area contributed by atoms with Crippen LogP contribution in [-0.4, -0.2) is 5.11 Å². The number of allylic oxidation sites excluding steroid dienone is 11. The average molecular weight is 606 g/mol. The number of hydrogen-bond donors (Lipinski definition) is 1. The lowest BCUT2D eigenvalue weighted by molar-refractivity contribution is -0.0990. The van der Waals surface area contributed by atoms with Crippen LogP contribution in [0.2, 0.25) is 0 Å². The van der Waals surface area contributed by atoms with Crippen LogP contribution in [0.1, 0.15) is 64.0 Å². The van der Waals surface area contributed by atoms with Crippen LogP contribution in [-0.2, 0) is 11.1 Å². The van der Waals surface area contributed by atoms with Crippen molar-refractivity contribution in [3.8, 4) is 11.1 Å². The smallest absolute Gasteiger partial charge is 0.172 e. The van der Waals surface area contributed by atoms with E-state index in [-0.39, 0.29) is 22.7 Å². The van der Waals surface area contributed by atoms with Crippen molar-refractivity contribution < 1.29 is 5.11 Å². The Hall–Kier alpha value is -3.82. The van der Waals surface area contributed by atoms with Crippen molar-refractivity contribution in [1.29, 1.82) is 0 Å². The van der Waals surface area contributed by atoms with E-state index in [2.05, 4.69) is 135 Å². The third-order valence-electron chi connectivity index (χ3n) is 13.4. The highest BCUT2D eigenvalue weighted by Gasteiger charge is 2.70. The van der Waals surface area contributed by atoms with E-state index in [9.17, 15) is 10.0 Å². The molecule has 2 bridgehead atoms. The van der Waals surface area contributed by atoms with Gasteiger partial charge in [-0.15, -0.1) is 4.91 Å². The van der Waals surface area contributed by atoms with Crippen molar-refractivity contribution in [1.82, 2.24) is 0 Å². The minimum Gasteiger partial charge on any atom is -0.384 e. The van der Waals surface area contributed by atoms with Gasteiger partial charge in [0.1, 0.15) is 5.60 Å². The Morgan fingerprint density at radius 1 is 0.804 bits per heavy atom. The third kappa shape index (κ3) is 3.43. The van der Waals surface area contributed by atoms with E-state index in [1.807, 2.05) is 0 Å². The zero-order chi connectivity index (χ0) is 31.5. The average Bonchev–Trinajstić information content (AvgIpc) is 3.20. The van der Waals surface area contributed by atoms with Crippen LogP contribution in [0.4, 0.5) is 0 Å². The van der Waals surface area contributed by atoms with E-state index < -0.39 is 11.1 Å². The molecule has 0 spiro atoms. The molecule has 232 valence electrons. The van der Waals surface area contributed by atoms with Crippen molar-refractivity contribution in [3.63, 3.8) is 0 Å². The fraction of sp³-hybridized carbons (Fsp3) is 0.395. The van der Waals surface area contributed by atoms with Gasteiger partial charge < -0.3 is 5.11 Å². The minimum atomic E-state index is -0.988. The van der Waals surface area contributed by atoms with Crippen LogP contribution in [0, 0.1) is 45.3 Å². The van der Waals surface area contributed by atoms with Crippen LogP contribution in [0.5, 0.6) is 0 Å². The van der Waals surface area contributed by atoms with Crippen molar-refractivity contribution in [3.05, 3.63) is 148 Å². The molecule has 2 fully saturated rings. The first kappa shape index (κ1) is 28.4. The molecule has 8 aliphatic carbocycles. The number of hydrogen-bond acceptors (Lipinski definition) is 3. The molecule has 2 aromatic rings. The van der Waals surface area contributed by atoms with Gasteiger partial charge in [0, 0.05) is 16.7 Å². The molecule has 46 heavy (non-hydrogen) atoms. The molecule has 0 saturated heterocycles. The summed E-state index contributed by atoms with van der Waals surface area (Å²) in [4.78, 5) is 13.1. The molecule has 8 aliphatic rings. The highest BCUT2D eigenvalue weighted by Crippen LogP contribution is 2.71. The molecule has 2 aromatic carbocycles. The van der Waals surface area contributed by atoms with Gasteiger partial charge in [0.25, 0.3) is 0 Å². The van der Waals surface area contributed by atoms with Crippen molar-refractivity contribution >= 4 is 0 Å². The lowest BCUT2D eigenvalue weighted by Gasteiger charge is -2.47. The summed E-state index contributed by atoms with van der Waals surface area (Å²) in [5, 5.41) is 17.0. The SMILES string of the molecule is CC1C=CC2C3(C)C=CC=CC3C(O)(c3ccc(-c4ccc(C5(N=O)C6=C(C=CCC6)C6=C5C5CC(C=C6)C5)cc4)cc3)C2(C)C1. The molecular weight excluding hydrogens is 562 g/mol. The Labute approximate surface area is 272 Å². The summed E-state index contributed by atoms with van der Waals surface area (Å²) in [5.74, 6) is 1.72. The number of rotatable bonds is 4. The van der Waals surface area contributed by atoms with Crippen molar-refractivity contribution in [2.24, 2.45) is 45.6 Å². The summed E-state index contributed by atoms with van der Waals surface area (Å²) in [7, 11) is 0. The van der Waals surface area contributed by atoms with Crippen LogP contribution < -0.4 is 0 Å². The molecule has 7 unspecified atom stereocenters. The number of benzene rings is 2. The van der Waals surface area contributed by atoms with E-state index in [0.29, 0.717) is 17.8 Å². The monoisotopic (exact) mass is 605 g/mol. The summed E-state index contributed by atoms with van der Waals surface area (Å²) < 4.78 is 0. The van der Waals surface area contributed by atoms with Gasteiger partial charge >= 0.3 is 0 Å². The van der Waals surface area contributed by atoms with Crippen LogP contribution >= 0.6 is 0 Å². The molecule has 2 saturated carbocycles. The minimum absolute atomic E-state index is 0.00340. The molecule has 3 heteroatoms. The molecular formula is C43H43NO2. The third-order valence-corrected chi connectivity index (χ3v) is 13.4. The number of nitroso groups, excluding NO2 is 1. The summed E-state index contributed by atoms with van der Waals surface area (Å²) in [6.07, 6.45) is 27.7. The Morgan fingerprint density at radius 3 is 2.24 bits per heavy atom. The number of nitrogens with zero attached hydrogens (tertiary/aromatic N) is 1. The van der Waals surface area contributed by atoms with Gasteiger partial charge in [-0.2, -0.15) is 0 Å². The molecule has 10 rings (SSSR count). The van der Waals surface area contributed by atoms with Gasteiger partial charge in [-0.3, -0.25) is 0 Å². The Morgan fingerprint density at radius 2 is 1.52 bits per heavy atom. The zero-order valence-corrected chi connectivity index (χ0v) is 27.1. The fourth-order valence-corrected chi connectivity index (χ4v) is 11.2. The quantitative estimate of drug-likeness (QED) is 0.279. The Balaban J connectivity index is 1.08. The molecule has 0 amide bonds. The number of aliphatic hydroxyl groups is 1. The predicted molar refractivity (Wildman–Crippen MR) is 185 cm³/mol. The normalized spacial score (nSPS) is 41.1. The van der Waals surface area contributed by atoms with E-state index >= 15 is 0 Å². The maximum Gasteiger partial charge on any atom is 0.172 e. The van der Waals surface area contributed by atoms with E-state index in [0.717, 1.165) is 54.4 Å². The number of fused-ring (bicyclic) bond motifs is 3.